The van der Waals surface area contributed by atoms with Gasteiger partial charge in [0, 0.05) is 25.6 Å². The second kappa shape index (κ2) is 6.43. The molecule has 7 nitrogen and oxygen atoms in total. The highest BCUT2D eigenvalue weighted by Crippen LogP contribution is 2.33. The van der Waals surface area contributed by atoms with Crippen LogP contribution in [-0.2, 0) is 7.05 Å². The van der Waals surface area contributed by atoms with Crippen LogP contribution in [0.5, 0.6) is 0 Å². The fraction of sp³-hybridized carbons (Fsp3) is 0.786. The van der Waals surface area contributed by atoms with Crippen molar-refractivity contribution in [2.24, 2.45) is 7.05 Å². The number of nitrogens with one attached hydrogen (secondary N) is 1. The number of aromatic nitrogens is 2. The summed E-state index contributed by atoms with van der Waals surface area (Å²) in [7, 11) is 1.77. The summed E-state index contributed by atoms with van der Waals surface area (Å²) in [5.74, 6) is 0.567. The zero-order valence-electron chi connectivity index (χ0n) is 13.3. The molecular formula is C14H25N5O2. The van der Waals surface area contributed by atoms with E-state index in [1.54, 1.807) is 11.7 Å². The average Bonchev–Trinajstić information content (AvgIpc) is 2.77. The summed E-state index contributed by atoms with van der Waals surface area (Å²) in [5.41, 5.74) is 0.675. The topological polar surface area (TPSA) is 76.2 Å². The molecule has 2 rings (SSSR count). The molecule has 1 fully saturated rings. The van der Waals surface area contributed by atoms with Gasteiger partial charge in [0.1, 0.15) is 5.69 Å². The summed E-state index contributed by atoms with van der Waals surface area (Å²) in [5, 5.41) is 19.1. The average molecular weight is 295 g/mol. The molecule has 21 heavy (non-hydrogen) atoms. The molecule has 7 heteroatoms. The second-order valence-corrected chi connectivity index (χ2v) is 5.99. The van der Waals surface area contributed by atoms with Gasteiger partial charge in [-0.1, -0.05) is 20.8 Å². The van der Waals surface area contributed by atoms with Crippen molar-refractivity contribution in [1.82, 2.24) is 14.7 Å². The number of anilines is 1. The molecule has 1 atom stereocenters. The molecule has 2 heterocycles. The maximum Gasteiger partial charge on any atom is 0.334 e. The number of hydrogen-bond acceptors (Lipinski definition) is 5. The third-order valence-corrected chi connectivity index (χ3v) is 4.07. The summed E-state index contributed by atoms with van der Waals surface area (Å²) in [4.78, 5) is 13.5. The van der Waals surface area contributed by atoms with Gasteiger partial charge in [0.25, 0.3) is 0 Å². The Kier molecular flexibility index (Phi) is 4.82. The van der Waals surface area contributed by atoms with Crippen molar-refractivity contribution in [3.63, 3.8) is 0 Å². The van der Waals surface area contributed by atoms with Crippen molar-refractivity contribution in [2.75, 3.05) is 25.0 Å². The van der Waals surface area contributed by atoms with Crippen LogP contribution >= 0.6 is 0 Å². The van der Waals surface area contributed by atoms with E-state index in [1.807, 2.05) is 13.8 Å². The van der Waals surface area contributed by atoms with Crippen LogP contribution in [0.4, 0.5) is 11.5 Å². The van der Waals surface area contributed by atoms with Crippen LogP contribution in [0.25, 0.3) is 0 Å². The molecule has 0 amide bonds. The summed E-state index contributed by atoms with van der Waals surface area (Å²) in [6.45, 7) is 9.06. The number of rotatable bonds is 5. The lowest BCUT2D eigenvalue weighted by molar-refractivity contribution is -0.384. The largest absolute Gasteiger partial charge is 0.361 e. The van der Waals surface area contributed by atoms with E-state index in [4.69, 9.17) is 0 Å². The Balaban J connectivity index is 2.25. The summed E-state index contributed by atoms with van der Waals surface area (Å²) in [6.07, 6.45) is 2.16. The van der Waals surface area contributed by atoms with Crippen LogP contribution in [0.2, 0.25) is 0 Å². The number of nitrogens with zero attached hydrogens (tertiary/aromatic N) is 4. The molecule has 0 aromatic carbocycles. The molecule has 1 N–H and O–H groups in total. The fourth-order valence-electron chi connectivity index (χ4n) is 2.92. The van der Waals surface area contributed by atoms with Crippen LogP contribution < -0.4 is 5.32 Å². The highest BCUT2D eigenvalue weighted by atomic mass is 16.6. The van der Waals surface area contributed by atoms with Crippen LogP contribution in [0.3, 0.4) is 0 Å². The Morgan fingerprint density at radius 1 is 1.52 bits per heavy atom. The van der Waals surface area contributed by atoms with E-state index < -0.39 is 0 Å². The molecule has 0 spiro atoms. The third-order valence-electron chi connectivity index (χ3n) is 4.07. The third kappa shape index (κ3) is 3.34. The number of aryl methyl sites for hydroxylation is 1. The van der Waals surface area contributed by atoms with Crippen molar-refractivity contribution in [3.05, 3.63) is 15.8 Å². The molecule has 0 bridgehead atoms. The number of likely N-dealkylation sites (tertiary alicyclic amines) is 1. The molecular weight excluding hydrogens is 270 g/mol. The van der Waals surface area contributed by atoms with Gasteiger partial charge in [-0.25, -0.2) is 4.68 Å². The van der Waals surface area contributed by atoms with Crippen molar-refractivity contribution < 1.29 is 4.92 Å². The molecule has 1 aromatic rings. The molecule has 1 aromatic heterocycles. The highest BCUT2D eigenvalue weighted by Gasteiger charge is 2.30. The number of likely N-dealkylation sites (N-methyl/N-ethyl adjacent to an activating group) is 1. The van der Waals surface area contributed by atoms with Crippen molar-refractivity contribution >= 4 is 11.5 Å². The lowest BCUT2D eigenvalue weighted by atomic mass is 10.1. The van der Waals surface area contributed by atoms with Gasteiger partial charge < -0.3 is 10.2 Å². The smallest absolute Gasteiger partial charge is 0.334 e. The van der Waals surface area contributed by atoms with E-state index in [0.29, 0.717) is 11.5 Å². The van der Waals surface area contributed by atoms with Crippen LogP contribution in [-0.4, -0.2) is 45.3 Å². The predicted molar refractivity (Wildman–Crippen MR) is 82.7 cm³/mol. The minimum atomic E-state index is -0.314. The monoisotopic (exact) mass is 295 g/mol. The first-order valence-electron chi connectivity index (χ1n) is 7.64. The first kappa shape index (κ1) is 15.8. The normalized spacial score (nSPS) is 20.0. The molecule has 0 aliphatic carbocycles. The van der Waals surface area contributed by atoms with Crippen LogP contribution in [0, 0.1) is 10.1 Å². The Hall–Kier alpha value is -1.63. The minimum Gasteiger partial charge on any atom is -0.361 e. The van der Waals surface area contributed by atoms with Gasteiger partial charge in [-0.05, 0) is 25.9 Å². The van der Waals surface area contributed by atoms with Crippen molar-refractivity contribution in [2.45, 2.75) is 45.6 Å². The summed E-state index contributed by atoms with van der Waals surface area (Å²) in [6, 6.07) is 0.243. The summed E-state index contributed by atoms with van der Waals surface area (Å²) < 4.78 is 1.61. The van der Waals surface area contributed by atoms with Crippen LogP contribution in [0.1, 0.15) is 45.2 Å². The van der Waals surface area contributed by atoms with Crippen LogP contribution in [0.15, 0.2) is 0 Å². The Labute approximate surface area is 125 Å². The molecule has 0 saturated carbocycles. The lowest BCUT2D eigenvalue weighted by Gasteiger charge is -2.32. The zero-order valence-corrected chi connectivity index (χ0v) is 13.3. The van der Waals surface area contributed by atoms with Gasteiger partial charge >= 0.3 is 5.69 Å². The van der Waals surface area contributed by atoms with Gasteiger partial charge in [0.05, 0.1) is 4.92 Å². The highest BCUT2D eigenvalue weighted by molar-refractivity contribution is 5.61. The molecule has 1 aliphatic heterocycles. The van der Waals surface area contributed by atoms with Gasteiger partial charge in [-0.2, -0.15) is 5.10 Å². The van der Waals surface area contributed by atoms with Gasteiger partial charge in [-0.3, -0.25) is 10.1 Å². The summed E-state index contributed by atoms with van der Waals surface area (Å²) >= 11 is 0. The van der Waals surface area contributed by atoms with E-state index in [2.05, 4.69) is 22.2 Å². The number of hydrogen-bond donors (Lipinski definition) is 1. The molecule has 1 saturated heterocycles. The number of piperidine rings is 1. The maximum absolute atomic E-state index is 11.4. The van der Waals surface area contributed by atoms with E-state index in [1.165, 1.54) is 0 Å². The minimum absolute atomic E-state index is 0.0330. The molecule has 1 unspecified atom stereocenters. The van der Waals surface area contributed by atoms with Gasteiger partial charge in [0.15, 0.2) is 0 Å². The first-order chi connectivity index (χ1) is 9.93. The molecule has 1 aliphatic rings. The van der Waals surface area contributed by atoms with Crippen molar-refractivity contribution in [1.29, 1.82) is 0 Å². The molecule has 0 radical (unpaired) electrons. The van der Waals surface area contributed by atoms with Gasteiger partial charge in [0.2, 0.25) is 5.82 Å². The van der Waals surface area contributed by atoms with E-state index in [9.17, 15) is 10.1 Å². The van der Waals surface area contributed by atoms with E-state index >= 15 is 0 Å². The maximum atomic E-state index is 11.4. The molecule has 118 valence electrons. The van der Waals surface area contributed by atoms with E-state index in [-0.39, 0.29) is 22.6 Å². The first-order valence-corrected chi connectivity index (χ1v) is 7.64. The standard InChI is InChI=1S/C14H25N5O2/c1-5-18-8-6-7-11(9-18)15-14-13(19(20)21)12(10(2)3)16-17(14)4/h10-11,15H,5-9H2,1-4H3. The Morgan fingerprint density at radius 2 is 2.24 bits per heavy atom. The fourth-order valence-corrected chi connectivity index (χ4v) is 2.92. The quantitative estimate of drug-likeness (QED) is 0.666. The lowest BCUT2D eigenvalue weighted by Crippen LogP contribution is -2.42. The Morgan fingerprint density at radius 3 is 2.81 bits per heavy atom. The van der Waals surface area contributed by atoms with E-state index in [0.717, 1.165) is 32.5 Å². The Bertz CT molecular complexity index is 512. The van der Waals surface area contributed by atoms with Gasteiger partial charge in [-0.15, -0.1) is 0 Å². The number of nitro groups is 1. The SMILES string of the molecule is CCN1CCCC(Nc2c([N+](=O)[O-])c(C(C)C)nn2C)C1. The predicted octanol–water partition coefficient (Wildman–Crippen LogP) is 2.35. The zero-order chi connectivity index (χ0) is 15.6. The van der Waals surface area contributed by atoms with Crippen molar-refractivity contribution in [3.8, 4) is 0 Å². The second-order valence-electron chi connectivity index (χ2n) is 5.99.